The van der Waals surface area contributed by atoms with Gasteiger partial charge in [0.2, 0.25) is 11.8 Å². The molecule has 3 rings (SSSR count). The summed E-state index contributed by atoms with van der Waals surface area (Å²) in [6, 6.07) is 18.0. The third-order valence-electron chi connectivity index (χ3n) is 6.68. The van der Waals surface area contributed by atoms with E-state index in [4.69, 9.17) is 0 Å². The molecule has 7 nitrogen and oxygen atoms in total. The van der Waals surface area contributed by atoms with Crippen molar-refractivity contribution in [2.75, 3.05) is 17.1 Å². The van der Waals surface area contributed by atoms with Crippen LogP contribution >= 0.6 is 11.8 Å². The van der Waals surface area contributed by atoms with E-state index in [0.717, 1.165) is 14.8 Å². The lowest BCUT2D eigenvalue weighted by molar-refractivity contribution is -0.139. The molecule has 2 unspecified atom stereocenters. The second kappa shape index (κ2) is 13.8. The van der Waals surface area contributed by atoms with E-state index in [1.54, 1.807) is 43.3 Å². The van der Waals surface area contributed by atoms with Crippen LogP contribution in [-0.4, -0.2) is 50.0 Å². The molecule has 0 bridgehead atoms. The molecule has 2 atom stereocenters. The normalized spacial score (nSPS) is 12.8. The zero-order chi connectivity index (χ0) is 29.4. The first kappa shape index (κ1) is 31.2. The van der Waals surface area contributed by atoms with Crippen LogP contribution in [0.4, 0.5) is 10.1 Å². The highest BCUT2D eigenvalue weighted by Crippen LogP contribution is 2.26. The summed E-state index contributed by atoms with van der Waals surface area (Å²) in [5.74, 6) is -1.35. The average molecular weight is 586 g/mol. The first-order chi connectivity index (χ1) is 19.0. The summed E-state index contributed by atoms with van der Waals surface area (Å²) >= 11 is 1.49. The molecule has 0 radical (unpaired) electrons. The molecule has 2 amide bonds. The van der Waals surface area contributed by atoms with Gasteiger partial charge in [-0.15, -0.1) is 11.8 Å². The van der Waals surface area contributed by atoms with E-state index in [0.29, 0.717) is 17.7 Å². The predicted molar refractivity (Wildman–Crippen MR) is 158 cm³/mol. The lowest BCUT2D eigenvalue weighted by Gasteiger charge is -2.32. The van der Waals surface area contributed by atoms with E-state index in [-0.39, 0.29) is 23.4 Å². The predicted octanol–water partition coefficient (Wildman–Crippen LogP) is 5.38. The van der Waals surface area contributed by atoms with Crippen molar-refractivity contribution in [3.05, 3.63) is 89.7 Å². The summed E-state index contributed by atoms with van der Waals surface area (Å²) in [5.41, 5.74) is 1.87. The Morgan fingerprint density at radius 3 is 2.10 bits per heavy atom. The van der Waals surface area contributed by atoms with Crippen LogP contribution in [0.25, 0.3) is 0 Å². The first-order valence-corrected chi connectivity index (χ1v) is 15.7. The SMILES string of the molecule is CCC(C)NC(=O)C(C)N(Cc1ccc(F)cc1)C(=O)CN(c1ccc(C)cc1)S(=O)(=O)c1ccc(SC)cc1. The van der Waals surface area contributed by atoms with Gasteiger partial charge in [-0.1, -0.05) is 36.8 Å². The largest absolute Gasteiger partial charge is 0.352 e. The fraction of sp³-hybridized carbons (Fsp3) is 0.333. The van der Waals surface area contributed by atoms with Crippen LogP contribution in [0.5, 0.6) is 0 Å². The molecule has 0 spiro atoms. The van der Waals surface area contributed by atoms with Crippen molar-refractivity contribution >= 4 is 39.3 Å². The molecule has 3 aromatic rings. The van der Waals surface area contributed by atoms with Crippen molar-refractivity contribution in [3.63, 3.8) is 0 Å². The molecule has 0 fully saturated rings. The Morgan fingerprint density at radius 2 is 1.55 bits per heavy atom. The highest BCUT2D eigenvalue weighted by atomic mass is 32.2. The second-order valence-electron chi connectivity index (χ2n) is 9.66. The fourth-order valence-electron chi connectivity index (χ4n) is 3.95. The monoisotopic (exact) mass is 585 g/mol. The van der Waals surface area contributed by atoms with Crippen LogP contribution in [0.15, 0.2) is 82.6 Å². The number of thioether (sulfide) groups is 1. The number of hydrogen-bond acceptors (Lipinski definition) is 5. The molecule has 10 heteroatoms. The Bertz CT molecular complexity index is 1400. The number of amides is 2. The molecule has 0 heterocycles. The number of carbonyl (C=O) groups excluding carboxylic acids is 2. The minimum Gasteiger partial charge on any atom is -0.352 e. The van der Waals surface area contributed by atoms with E-state index in [9.17, 15) is 22.4 Å². The standard InChI is InChI=1S/C30H36FN3O4S2/c1-6-22(3)32-30(36)23(4)33(19-24-9-11-25(31)12-10-24)29(35)20-34(26-13-7-21(2)8-14-26)40(37,38)28-17-15-27(39-5)16-18-28/h7-18,22-23H,6,19-20H2,1-5H3,(H,32,36). The van der Waals surface area contributed by atoms with Gasteiger partial charge in [-0.2, -0.15) is 0 Å². The van der Waals surface area contributed by atoms with E-state index in [1.807, 2.05) is 27.0 Å². The Morgan fingerprint density at radius 1 is 0.950 bits per heavy atom. The zero-order valence-electron chi connectivity index (χ0n) is 23.4. The number of sulfonamides is 1. The summed E-state index contributed by atoms with van der Waals surface area (Å²) in [4.78, 5) is 29.3. The van der Waals surface area contributed by atoms with Gasteiger partial charge in [0.1, 0.15) is 18.4 Å². The van der Waals surface area contributed by atoms with E-state index in [2.05, 4.69) is 5.32 Å². The van der Waals surface area contributed by atoms with Gasteiger partial charge in [0.05, 0.1) is 10.6 Å². The summed E-state index contributed by atoms with van der Waals surface area (Å²) in [6.07, 6.45) is 2.61. The molecule has 40 heavy (non-hydrogen) atoms. The fourth-order valence-corrected chi connectivity index (χ4v) is 5.77. The van der Waals surface area contributed by atoms with Gasteiger partial charge < -0.3 is 10.2 Å². The molecule has 0 aromatic heterocycles. The summed E-state index contributed by atoms with van der Waals surface area (Å²) in [5, 5.41) is 2.89. The van der Waals surface area contributed by atoms with Gasteiger partial charge in [-0.05, 0) is 87.5 Å². The minimum absolute atomic E-state index is 0.00158. The van der Waals surface area contributed by atoms with Crippen LogP contribution in [0, 0.1) is 12.7 Å². The maximum Gasteiger partial charge on any atom is 0.264 e. The molecule has 0 aliphatic heterocycles. The van der Waals surface area contributed by atoms with Gasteiger partial charge in [-0.25, -0.2) is 12.8 Å². The lowest BCUT2D eigenvalue weighted by Crippen LogP contribution is -2.52. The smallest absolute Gasteiger partial charge is 0.264 e. The minimum atomic E-state index is -4.14. The van der Waals surface area contributed by atoms with E-state index < -0.39 is 34.3 Å². The van der Waals surface area contributed by atoms with Crippen LogP contribution in [-0.2, 0) is 26.2 Å². The quantitative estimate of drug-likeness (QED) is 0.288. The Balaban J connectivity index is 2.01. The van der Waals surface area contributed by atoms with Gasteiger partial charge in [-0.3, -0.25) is 13.9 Å². The van der Waals surface area contributed by atoms with Crippen LogP contribution in [0.1, 0.15) is 38.3 Å². The highest BCUT2D eigenvalue weighted by Gasteiger charge is 2.32. The average Bonchev–Trinajstić information content (AvgIpc) is 2.95. The number of rotatable bonds is 12. The van der Waals surface area contributed by atoms with Crippen molar-refractivity contribution in [3.8, 4) is 0 Å². The van der Waals surface area contributed by atoms with Crippen LogP contribution < -0.4 is 9.62 Å². The number of aryl methyl sites for hydroxylation is 1. The van der Waals surface area contributed by atoms with E-state index >= 15 is 0 Å². The van der Waals surface area contributed by atoms with Crippen LogP contribution in [0.3, 0.4) is 0 Å². The summed E-state index contributed by atoms with van der Waals surface area (Å²) in [7, 11) is -4.14. The molecule has 0 aliphatic carbocycles. The number of benzene rings is 3. The third-order valence-corrected chi connectivity index (χ3v) is 9.21. The van der Waals surface area contributed by atoms with Gasteiger partial charge in [0.15, 0.2) is 0 Å². The number of anilines is 1. The molecule has 214 valence electrons. The van der Waals surface area contributed by atoms with Gasteiger partial charge in [0, 0.05) is 17.5 Å². The van der Waals surface area contributed by atoms with Crippen LogP contribution in [0.2, 0.25) is 0 Å². The Labute approximate surface area is 240 Å². The summed E-state index contributed by atoms with van der Waals surface area (Å²) < 4.78 is 42.4. The van der Waals surface area contributed by atoms with Crippen molar-refractivity contribution in [2.24, 2.45) is 0 Å². The number of carbonyl (C=O) groups is 2. The number of nitrogens with one attached hydrogen (secondary N) is 1. The van der Waals surface area contributed by atoms with Crippen molar-refractivity contribution in [2.45, 2.75) is 62.5 Å². The maximum absolute atomic E-state index is 13.9. The van der Waals surface area contributed by atoms with Gasteiger partial charge >= 0.3 is 0 Å². The molecule has 1 N–H and O–H groups in total. The van der Waals surface area contributed by atoms with Crippen molar-refractivity contribution in [1.82, 2.24) is 10.2 Å². The van der Waals surface area contributed by atoms with Crippen molar-refractivity contribution < 1.29 is 22.4 Å². The topological polar surface area (TPSA) is 86.8 Å². The molecule has 0 aliphatic rings. The molecule has 3 aromatic carbocycles. The highest BCUT2D eigenvalue weighted by molar-refractivity contribution is 7.98. The van der Waals surface area contributed by atoms with Gasteiger partial charge in [0.25, 0.3) is 10.0 Å². The van der Waals surface area contributed by atoms with E-state index in [1.165, 1.54) is 53.1 Å². The number of halogens is 1. The first-order valence-electron chi connectivity index (χ1n) is 13.0. The number of hydrogen-bond donors (Lipinski definition) is 1. The Hall–Kier alpha value is -3.37. The number of nitrogens with zero attached hydrogens (tertiary/aromatic N) is 2. The zero-order valence-corrected chi connectivity index (χ0v) is 25.1. The third kappa shape index (κ3) is 7.85. The molecule has 0 saturated heterocycles. The molecular weight excluding hydrogens is 549 g/mol. The summed E-state index contributed by atoms with van der Waals surface area (Å²) in [6.45, 7) is 6.76. The second-order valence-corrected chi connectivity index (χ2v) is 12.4. The molecular formula is C30H36FN3O4S2. The van der Waals surface area contributed by atoms with Crippen molar-refractivity contribution in [1.29, 1.82) is 0 Å². The molecule has 0 saturated carbocycles. The maximum atomic E-state index is 13.9. The Kier molecular flexibility index (Phi) is 10.8. The lowest BCUT2D eigenvalue weighted by atomic mass is 10.1.